The summed E-state index contributed by atoms with van der Waals surface area (Å²) in [6.07, 6.45) is 1.25. The van der Waals surface area contributed by atoms with Crippen molar-refractivity contribution in [1.29, 1.82) is 0 Å². The summed E-state index contributed by atoms with van der Waals surface area (Å²) in [4.78, 5) is 60.3. The maximum atomic E-state index is 13.9. The number of hydrogen-bond donors (Lipinski definition) is 7. The zero-order valence-electron chi connectivity index (χ0n) is 16.0. The van der Waals surface area contributed by atoms with Gasteiger partial charge in [-0.1, -0.05) is 5.92 Å². The number of aliphatic hydroxyl groups is 2. The first-order valence-electron chi connectivity index (χ1n) is 8.06. The first-order valence-corrected chi connectivity index (χ1v) is 12.6. The van der Waals surface area contributed by atoms with E-state index in [4.69, 9.17) is 25.8 Å². The zero-order valence-corrected chi connectivity index (χ0v) is 18.7. The molecule has 1 aromatic rings. The molecule has 0 aliphatic heterocycles. The van der Waals surface area contributed by atoms with Gasteiger partial charge in [0, 0.05) is 12.3 Å². The third-order valence-corrected chi connectivity index (χ3v) is 7.29. The Morgan fingerprint density at radius 3 is 2.24 bits per heavy atom. The number of aromatic amines is 1. The first-order chi connectivity index (χ1) is 15.0. The van der Waals surface area contributed by atoms with E-state index in [-0.39, 0.29) is 0 Å². The highest BCUT2D eigenvalue weighted by Crippen LogP contribution is 2.66. The lowest BCUT2D eigenvalue weighted by Crippen LogP contribution is -2.56. The summed E-state index contributed by atoms with van der Waals surface area (Å²) in [5.74, 6) is 1.62. The molecule has 3 unspecified atom stereocenters. The van der Waals surface area contributed by atoms with Gasteiger partial charge in [0.15, 0.2) is 5.60 Å². The summed E-state index contributed by atoms with van der Waals surface area (Å²) < 4.78 is 64.7. The molecule has 0 bridgehead atoms. The normalized spacial score (nSPS) is 19.5. The second kappa shape index (κ2) is 11.3. The third kappa shape index (κ3) is 9.32. The highest BCUT2D eigenvalue weighted by atomic mass is 31.3. The van der Waals surface area contributed by atoms with E-state index in [9.17, 15) is 42.8 Å². The Labute approximate surface area is 182 Å². The van der Waals surface area contributed by atoms with Crippen LogP contribution >= 0.6 is 23.5 Å². The molecule has 0 amide bonds. The number of aliphatic hydroxyl groups excluding tert-OH is 2. The lowest BCUT2D eigenvalue weighted by atomic mass is 9.94. The monoisotopic (exact) mass is 542 g/mol. The number of ether oxygens (including phenoxy) is 1. The molecule has 17 nitrogen and oxygen atoms in total. The van der Waals surface area contributed by atoms with Crippen molar-refractivity contribution in [3.8, 4) is 12.3 Å². The van der Waals surface area contributed by atoms with Crippen LogP contribution in [0.15, 0.2) is 21.9 Å². The predicted octanol–water partition coefficient (Wildman–Crippen LogP) is -2.08. The Bertz CT molecular complexity index is 1120. The molecule has 188 valence electrons. The second-order valence-electron chi connectivity index (χ2n) is 5.97. The molecule has 0 aliphatic carbocycles. The number of terminal acetylenes is 1. The summed E-state index contributed by atoms with van der Waals surface area (Å²) >= 11 is 0. The molecule has 5 atom stereocenters. The number of nitrogens with zero attached hydrogens (tertiary/aromatic N) is 1. The van der Waals surface area contributed by atoms with Crippen molar-refractivity contribution in [2.24, 2.45) is 0 Å². The fourth-order valence-electron chi connectivity index (χ4n) is 1.99. The topological polar surface area (TPSA) is 264 Å². The van der Waals surface area contributed by atoms with Crippen molar-refractivity contribution in [1.82, 2.24) is 9.55 Å². The summed E-state index contributed by atoms with van der Waals surface area (Å²) in [6, 6.07) is 0.862. The van der Waals surface area contributed by atoms with Gasteiger partial charge in [0.2, 0.25) is 0 Å². The fourth-order valence-corrected chi connectivity index (χ4v) is 5.06. The predicted molar refractivity (Wildman–Crippen MR) is 102 cm³/mol. The van der Waals surface area contributed by atoms with Crippen molar-refractivity contribution in [2.75, 3.05) is 13.3 Å². The van der Waals surface area contributed by atoms with E-state index < -0.39 is 72.5 Å². The van der Waals surface area contributed by atoms with Gasteiger partial charge in [-0.3, -0.25) is 18.9 Å². The molecule has 0 spiro atoms. The SMILES string of the molecule is C#CC(O)[C@H](O)[C@@](CF)(COP(=O)(O)OP(=O)(O)OP(=O)(O)O)OCn1ccc(=O)[nH]c1=O. The van der Waals surface area contributed by atoms with Gasteiger partial charge in [-0.15, -0.1) is 6.42 Å². The highest BCUT2D eigenvalue weighted by molar-refractivity contribution is 7.66. The number of hydrogen-bond acceptors (Lipinski definition) is 11. The molecule has 1 heterocycles. The molecule has 21 heteroatoms. The summed E-state index contributed by atoms with van der Waals surface area (Å²) in [5, 5.41) is 19.8. The van der Waals surface area contributed by atoms with E-state index in [0.717, 1.165) is 12.3 Å². The maximum absolute atomic E-state index is 13.9. The smallest absolute Gasteiger partial charge is 0.386 e. The van der Waals surface area contributed by atoms with E-state index in [0.29, 0.717) is 4.57 Å². The summed E-state index contributed by atoms with van der Waals surface area (Å²) in [6.45, 7) is -4.32. The number of halogens is 1. The van der Waals surface area contributed by atoms with Gasteiger partial charge in [-0.05, 0) is 0 Å². The molecule has 0 aliphatic rings. The van der Waals surface area contributed by atoms with Crippen molar-refractivity contribution in [3.63, 3.8) is 0 Å². The molecule has 0 aromatic carbocycles. The zero-order chi connectivity index (χ0) is 25.7. The first kappa shape index (κ1) is 29.5. The van der Waals surface area contributed by atoms with Crippen LogP contribution in [0, 0.1) is 12.3 Å². The number of H-pyrrole nitrogens is 1. The van der Waals surface area contributed by atoms with Crippen molar-refractivity contribution in [2.45, 2.75) is 24.5 Å². The van der Waals surface area contributed by atoms with E-state index in [1.807, 2.05) is 4.98 Å². The van der Waals surface area contributed by atoms with E-state index >= 15 is 0 Å². The van der Waals surface area contributed by atoms with Crippen LogP contribution in [0.5, 0.6) is 0 Å². The number of phosphoric acid groups is 3. The van der Waals surface area contributed by atoms with Gasteiger partial charge >= 0.3 is 29.2 Å². The molecular formula is C12H18FN2O15P3. The molecule has 33 heavy (non-hydrogen) atoms. The molecule has 0 fully saturated rings. The second-order valence-corrected chi connectivity index (χ2v) is 10.4. The fraction of sp³-hybridized carbons (Fsp3) is 0.500. The molecular weight excluding hydrogens is 524 g/mol. The molecule has 0 saturated carbocycles. The Morgan fingerprint density at radius 2 is 1.76 bits per heavy atom. The third-order valence-electron chi connectivity index (χ3n) is 3.51. The number of nitrogens with one attached hydrogen (secondary N) is 1. The van der Waals surface area contributed by atoms with Crippen LogP contribution < -0.4 is 11.2 Å². The number of aromatic nitrogens is 2. The Hall–Kier alpha value is -1.54. The van der Waals surface area contributed by atoms with Crippen LogP contribution in [0.4, 0.5) is 4.39 Å². The van der Waals surface area contributed by atoms with Crippen LogP contribution in [-0.2, 0) is 38.3 Å². The van der Waals surface area contributed by atoms with Gasteiger partial charge in [-0.2, -0.15) is 8.62 Å². The lowest BCUT2D eigenvalue weighted by Gasteiger charge is -2.36. The maximum Gasteiger partial charge on any atom is 0.490 e. The van der Waals surface area contributed by atoms with E-state index in [2.05, 4.69) is 13.1 Å². The summed E-state index contributed by atoms with van der Waals surface area (Å²) in [7, 11) is -17.4. The lowest BCUT2D eigenvalue weighted by molar-refractivity contribution is -0.192. The number of phosphoric ester groups is 1. The largest absolute Gasteiger partial charge is 0.490 e. The molecule has 1 rings (SSSR count). The van der Waals surface area contributed by atoms with Crippen molar-refractivity contribution in [3.05, 3.63) is 33.1 Å². The van der Waals surface area contributed by atoms with Gasteiger partial charge in [0.25, 0.3) is 5.56 Å². The van der Waals surface area contributed by atoms with Crippen LogP contribution in [0.25, 0.3) is 0 Å². The average Bonchev–Trinajstić information content (AvgIpc) is 2.65. The minimum Gasteiger partial charge on any atom is -0.386 e. The number of rotatable bonds is 13. The minimum atomic E-state index is -5.91. The van der Waals surface area contributed by atoms with Gasteiger partial charge in [0.05, 0.1) is 6.61 Å². The standard InChI is InChI=1S/C12H18FN2O15P3/c1-2-8(16)10(18)12(5-13,27-7-15-4-3-9(17)14-11(15)19)6-28-32(23,24)30-33(25,26)29-31(20,21)22/h1,3-4,8,10,16,18H,5-7H2,(H,23,24)(H,25,26)(H,14,17,19)(H2,20,21,22)/t8?,10-,12+/m0/s1. The van der Waals surface area contributed by atoms with Crippen LogP contribution in [0.3, 0.4) is 0 Å². The Kier molecular flexibility index (Phi) is 10.1. The highest BCUT2D eigenvalue weighted by Gasteiger charge is 2.47. The Balaban J connectivity index is 3.16. The van der Waals surface area contributed by atoms with Crippen LogP contribution in [0.1, 0.15) is 0 Å². The quantitative estimate of drug-likeness (QED) is 0.104. The molecule has 7 N–H and O–H groups in total. The van der Waals surface area contributed by atoms with Crippen LogP contribution in [0.2, 0.25) is 0 Å². The van der Waals surface area contributed by atoms with E-state index in [1.54, 1.807) is 5.92 Å². The molecule has 1 aromatic heterocycles. The molecule has 0 radical (unpaired) electrons. The Morgan fingerprint density at radius 1 is 1.15 bits per heavy atom. The minimum absolute atomic E-state index is 0.631. The van der Waals surface area contributed by atoms with Crippen molar-refractivity contribution >= 4 is 23.5 Å². The van der Waals surface area contributed by atoms with Gasteiger partial charge in [-0.25, -0.2) is 22.9 Å². The van der Waals surface area contributed by atoms with Gasteiger partial charge < -0.3 is 34.5 Å². The van der Waals surface area contributed by atoms with Gasteiger partial charge in [0.1, 0.15) is 25.6 Å². The van der Waals surface area contributed by atoms with E-state index in [1.165, 1.54) is 0 Å². The number of alkyl halides is 1. The molecule has 0 saturated heterocycles. The van der Waals surface area contributed by atoms with Crippen LogP contribution in [-0.4, -0.2) is 70.4 Å². The van der Waals surface area contributed by atoms with Crippen molar-refractivity contribution < 1.29 is 65.8 Å². The summed E-state index contributed by atoms with van der Waals surface area (Å²) in [5.41, 5.74) is -4.69. The average molecular weight is 542 g/mol.